The van der Waals surface area contributed by atoms with Gasteiger partial charge in [0, 0.05) is 44.6 Å². The highest BCUT2D eigenvalue weighted by atomic mass is 15.2. The molecule has 328 valence electrons. The van der Waals surface area contributed by atoms with E-state index in [1.165, 1.54) is 88.8 Å². The molecule has 1 atom stereocenters. The number of benzene rings is 11. The lowest BCUT2D eigenvalue weighted by atomic mass is 9.64. The summed E-state index contributed by atoms with van der Waals surface area (Å²) in [5.74, 6) is 0. The molecule has 0 fully saturated rings. The summed E-state index contributed by atoms with van der Waals surface area (Å²) in [6.45, 7) is 0. The summed E-state index contributed by atoms with van der Waals surface area (Å²) >= 11 is 0. The van der Waals surface area contributed by atoms with E-state index in [-0.39, 0.29) is 0 Å². The third-order valence-corrected chi connectivity index (χ3v) is 14.8. The maximum Gasteiger partial charge on any atom is 0.0754 e. The average molecular weight is 892 g/mol. The molecule has 1 unspecified atom stereocenters. The standard InChI is InChI=1S/C67H45N3/c1-5-20-47(21-6-1)54-28-13-16-32-61(54)68(53-41-43-63-58(45-53)56-29-14-17-33-62(56)69(63)50-24-9-3-10-25-50)52-39-36-46(37-40-52)48-38-42-55-57-30-19-35-65-66(57)67(60(55)44-48,49-22-7-2-8-23-49)59-31-15-18-34-64(59)70(65)51-26-11-4-12-27-51/h1-45H. The van der Waals surface area contributed by atoms with E-state index < -0.39 is 5.41 Å². The Labute approximate surface area is 408 Å². The Hall–Kier alpha value is -9.18. The summed E-state index contributed by atoms with van der Waals surface area (Å²) in [5.41, 5.74) is 22.3. The number of aromatic nitrogens is 1. The minimum absolute atomic E-state index is 0.527. The molecular formula is C67H45N3. The molecule has 0 amide bonds. The zero-order valence-corrected chi connectivity index (χ0v) is 38.3. The van der Waals surface area contributed by atoms with Crippen molar-refractivity contribution in [2.24, 2.45) is 0 Å². The SMILES string of the molecule is c1ccc(-c2ccccc2N(c2ccc(-c3ccc4c(c3)C3(c5ccccc5)c5ccccc5N(c5ccccc5)c5cccc-4c53)cc2)c2ccc3c(c2)c2ccccc2n3-c2ccccc2)cc1. The van der Waals surface area contributed by atoms with Crippen LogP contribution >= 0.6 is 0 Å². The number of nitrogens with zero attached hydrogens (tertiary/aromatic N) is 3. The maximum atomic E-state index is 2.48. The number of para-hydroxylation sites is 5. The molecule has 1 aliphatic carbocycles. The van der Waals surface area contributed by atoms with Crippen molar-refractivity contribution in [2.75, 3.05) is 9.80 Å². The fraction of sp³-hybridized carbons (Fsp3) is 0.0149. The van der Waals surface area contributed by atoms with E-state index in [9.17, 15) is 0 Å². The van der Waals surface area contributed by atoms with Gasteiger partial charge in [-0.3, -0.25) is 0 Å². The molecule has 2 heterocycles. The number of hydrogen-bond donors (Lipinski definition) is 0. The van der Waals surface area contributed by atoms with Crippen LogP contribution in [-0.2, 0) is 5.41 Å². The molecule has 70 heavy (non-hydrogen) atoms. The van der Waals surface area contributed by atoms with Gasteiger partial charge in [0.25, 0.3) is 0 Å². The topological polar surface area (TPSA) is 11.4 Å². The van der Waals surface area contributed by atoms with Gasteiger partial charge in [-0.1, -0.05) is 188 Å². The van der Waals surface area contributed by atoms with Crippen molar-refractivity contribution < 1.29 is 0 Å². The summed E-state index contributed by atoms with van der Waals surface area (Å²) in [5, 5.41) is 2.43. The predicted molar refractivity (Wildman–Crippen MR) is 292 cm³/mol. The van der Waals surface area contributed by atoms with Crippen molar-refractivity contribution in [3.05, 3.63) is 295 Å². The number of hydrogen-bond acceptors (Lipinski definition) is 2. The number of anilines is 6. The van der Waals surface area contributed by atoms with Gasteiger partial charge in [0.15, 0.2) is 0 Å². The lowest BCUT2D eigenvalue weighted by Crippen LogP contribution is -2.35. The molecular weight excluding hydrogens is 847 g/mol. The molecule has 0 radical (unpaired) electrons. The fourth-order valence-electron chi connectivity index (χ4n) is 11.9. The number of fused-ring (bicyclic) bond motifs is 8. The van der Waals surface area contributed by atoms with Gasteiger partial charge in [-0.05, 0) is 129 Å². The molecule has 1 aromatic heterocycles. The quantitative estimate of drug-likeness (QED) is 0.151. The van der Waals surface area contributed by atoms with Crippen LogP contribution in [0.5, 0.6) is 0 Å². The van der Waals surface area contributed by atoms with Gasteiger partial charge in [0.2, 0.25) is 0 Å². The summed E-state index contributed by atoms with van der Waals surface area (Å²) < 4.78 is 2.38. The maximum absolute atomic E-state index is 2.48. The van der Waals surface area contributed by atoms with E-state index >= 15 is 0 Å². The Kier molecular flexibility index (Phi) is 9.11. The van der Waals surface area contributed by atoms with Crippen molar-refractivity contribution in [2.45, 2.75) is 5.41 Å². The zero-order valence-electron chi connectivity index (χ0n) is 38.3. The Morgan fingerprint density at radius 1 is 0.329 bits per heavy atom. The molecule has 11 aromatic carbocycles. The van der Waals surface area contributed by atoms with E-state index in [0.29, 0.717) is 0 Å². The molecule has 1 aliphatic heterocycles. The van der Waals surface area contributed by atoms with Crippen LogP contribution in [0.15, 0.2) is 273 Å². The fourth-order valence-corrected chi connectivity index (χ4v) is 11.9. The van der Waals surface area contributed by atoms with Gasteiger partial charge in [0.05, 0.1) is 33.5 Å². The van der Waals surface area contributed by atoms with Gasteiger partial charge in [-0.2, -0.15) is 0 Å². The molecule has 2 aliphatic rings. The molecule has 0 saturated heterocycles. The highest BCUT2D eigenvalue weighted by Gasteiger charge is 2.52. The Bertz CT molecular complexity index is 3930. The summed E-state index contributed by atoms with van der Waals surface area (Å²) in [6.07, 6.45) is 0. The zero-order chi connectivity index (χ0) is 46.2. The molecule has 0 saturated carbocycles. The van der Waals surface area contributed by atoms with Crippen molar-refractivity contribution in [3.8, 4) is 39.1 Å². The van der Waals surface area contributed by atoms with Crippen LogP contribution in [0, 0.1) is 0 Å². The Balaban J connectivity index is 0.938. The van der Waals surface area contributed by atoms with Crippen LogP contribution in [0.4, 0.5) is 34.1 Å². The van der Waals surface area contributed by atoms with E-state index in [1.54, 1.807) is 0 Å². The van der Waals surface area contributed by atoms with Crippen molar-refractivity contribution >= 4 is 55.9 Å². The van der Waals surface area contributed by atoms with Crippen LogP contribution in [-0.4, -0.2) is 4.57 Å². The first-order valence-corrected chi connectivity index (χ1v) is 24.2. The molecule has 14 rings (SSSR count). The van der Waals surface area contributed by atoms with Gasteiger partial charge < -0.3 is 14.4 Å². The highest BCUT2D eigenvalue weighted by Crippen LogP contribution is 2.65. The average Bonchev–Trinajstić information content (AvgIpc) is 3.93. The van der Waals surface area contributed by atoms with Gasteiger partial charge >= 0.3 is 0 Å². The van der Waals surface area contributed by atoms with Crippen molar-refractivity contribution in [1.82, 2.24) is 4.57 Å². The third-order valence-electron chi connectivity index (χ3n) is 14.8. The summed E-state index contributed by atoms with van der Waals surface area (Å²) in [7, 11) is 0. The van der Waals surface area contributed by atoms with Crippen LogP contribution in [0.2, 0.25) is 0 Å². The van der Waals surface area contributed by atoms with E-state index in [4.69, 9.17) is 0 Å². The van der Waals surface area contributed by atoms with E-state index in [2.05, 4.69) is 287 Å². The monoisotopic (exact) mass is 891 g/mol. The molecule has 0 bridgehead atoms. The molecule has 0 spiro atoms. The Morgan fingerprint density at radius 2 is 0.929 bits per heavy atom. The van der Waals surface area contributed by atoms with Gasteiger partial charge in [-0.25, -0.2) is 0 Å². The van der Waals surface area contributed by atoms with Gasteiger partial charge in [0.1, 0.15) is 0 Å². The number of rotatable bonds is 8. The lowest BCUT2D eigenvalue weighted by Gasteiger charge is -2.44. The predicted octanol–water partition coefficient (Wildman–Crippen LogP) is 17.7. The second kappa shape index (κ2) is 16.0. The molecule has 3 nitrogen and oxygen atoms in total. The van der Waals surface area contributed by atoms with E-state index in [0.717, 1.165) is 28.4 Å². The lowest BCUT2D eigenvalue weighted by molar-refractivity contribution is 0.754. The van der Waals surface area contributed by atoms with Gasteiger partial charge in [-0.15, -0.1) is 0 Å². The minimum atomic E-state index is -0.527. The van der Waals surface area contributed by atoms with Crippen LogP contribution in [0.1, 0.15) is 22.3 Å². The first kappa shape index (κ1) is 39.9. The van der Waals surface area contributed by atoms with Crippen LogP contribution < -0.4 is 9.80 Å². The second-order valence-corrected chi connectivity index (χ2v) is 18.4. The van der Waals surface area contributed by atoms with E-state index in [1.807, 2.05) is 0 Å². The van der Waals surface area contributed by atoms with Crippen molar-refractivity contribution in [3.63, 3.8) is 0 Å². The highest BCUT2D eigenvalue weighted by molar-refractivity contribution is 6.11. The van der Waals surface area contributed by atoms with Crippen LogP contribution in [0.25, 0.3) is 60.9 Å². The summed E-state index contributed by atoms with van der Waals surface area (Å²) in [4.78, 5) is 4.89. The third kappa shape index (κ3) is 5.95. The van der Waals surface area contributed by atoms with Crippen molar-refractivity contribution in [1.29, 1.82) is 0 Å². The first-order valence-electron chi connectivity index (χ1n) is 24.2. The first-order chi connectivity index (χ1) is 34.8. The largest absolute Gasteiger partial charge is 0.310 e. The van der Waals surface area contributed by atoms with Crippen LogP contribution in [0.3, 0.4) is 0 Å². The summed E-state index contributed by atoms with van der Waals surface area (Å²) in [6, 6.07) is 100. The Morgan fingerprint density at radius 3 is 1.73 bits per heavy atom. The normalized spacial score (nSPS) is 14.3. The minimum Gasteiger partial charge on any atom is -0.310 e. The smallest absolute Gasteiger partial charge is 0.0754 e. The molecule has 12 aromatic rings. The molecule has 0 N–H and O–H groups in total. The molecule has 3 heteroatoms. The second-order valence-electron chi connectivity index (χ2n) is 18.4.